The van der Waals surface area contributed by atoms with Gasteiger partial charge in [-0.15, -0.1) is 0 Å². The Labute approximate surface area is 80.7 Å². The fraction of sp³-hybridized carbons (Fsp3) is 0.100. The topological polar surface area (TPSA) is 63.3 Å². The highest BCUT2D eigenvalue weighted by Crippen LogP contribution is 2.14. The molecule has 0 radical (unpaired) electrons. The predicted octanol–water partition coefficient (Wildman–Crippen LogP) is 1.99. The van der Waals surface area contributed by atoms with Gasteiger partial charge in [0.05, 0.1) is 11.9 Å². The lowest BCUT2D eigenvalue weighted by Crippen LogP contribution is -2.02. The van der Waals surface area contributed by atoms with Crippen molar-refractivity contribution in [3.8, 4) is 0 Å². The molecule has 0 aliphatic rings. The Morgan fingerprint density at radius 1 is 1.57 bits per heavy atom. The van der Waals surface area contributed by atoms with E-state index in [9.17, 15) is 9.18 Å². The number of carboxylic acids is 1. The van der Waals surface area contributed by atoms with E-state index in [0.717, 1.165) is 0 Å². The van der Waals surface area contributed by atoms with Crippen LogP contribution in [0.3, 0.4) is 0 Å². The molecule has 1 rings (SSSR count). The zero-order valence-electron chi connectivity index (χ0n) is 7.40. The largest absolute Gasteiger partial charge is 0.478 e. The molecule has 1 aromatic carbocycles. The maximum atomic E-state index is 11.8. The molecule has 0 aliphatic heterocycles. The third-order valence-corrected chi connectivity index (χ3v) is 1.79. The van der Waals surface area contributed by atoms with Crippen molar-refractivity contribution in [1.82, 2.24) is 0 Å². The summed E-state index contributed by atoms with van der Waals surface area (Å²) in [6, 6.07) is 4.45. The summed E-state index contributed by atoms with van der Waals surface area (Å²) in [6.07, 6.45) is 1.85. The molecular formula is C10H10FNO2. The number of nitrogen functional groups attached to an aromatic ring is 1. The first kappa shape index (κ1) is 10.2. The van der Waals surface area contributed by atoms with Crippen molar-refractivity contribution in [2.75, 3.05) is 5.73 Å². The normalized spacial score (nSPS) is 10.6. The standard InChI is InChI=1S/C10H10FNO2/c11-5-1-2-7-6-8(12)3-4-9(7)10(13)14/h1,3-6H,2,12H2,(H,13,14). The molecule has 74 valence electrons. The second-order valence-corrected chi connectivity index (χ2v) is 2.79. The van der Waals surface area contributed by atoms with Gasteiger partial charge in [-0.2, -0.15) is 0 Å². The van der Waals surface area contributed by atoms with Gasteiger partial charge in [0.25, 0.3) is 0 Å². The predicted molar refractivity (Wildman–Crippen MR) is 51.8 cm³/mol. The first-order chi connectivity index (χ1) is 6.65. The zero-order chi connectivity index (χ0) is 10.6. The molecule has 4 heteroatoms. The zero-order valence-corrected chi connectivity index (χ0v) is 7.40. The van der Waals surface area contributed by atoms with Gasteiger partial charge in [0.1, 0.15) is 0 Å². The van der Waals surface area contributed by atoms with Gasteiger partial charge >= 0.3 is 5.97 Å². The molecule has 0 aliphatic carbocycles. The number of hydrogen-bond donors (Lipinski definition) is 2. The molecule has 0 unspecified atom stereocenters. The van der Waals surface area contributed by atoms with E-state index in [2.05, 4.69) is 0 Å². The summed E-state index contributed by atoms with van der Waals surface area (Å²) in [5.41, 5.74) is 6.61. The van der Waals surface area contributed by atoms with Crippen LogP contribution in [0.15, 0.2) is 30.6 Å². The number of halogens is 1. The molecule has 0 bridgehead atoms. The van der Waals surface area contributed by atoms with Gasteiger partial charge < -0.3 is 10.8 Å². The van der Waals surface area contributed by atoms with Gasteiger partial charge in [-0.05, 0) is 30.2 Å². The molecule has 0 heterocycles. The number of anilines is 1. The number of carboxylic acid groups (broad SMARTS) is 1. The lowest BCUT2D eigenvalue weighted by molar-refractivity contribution is 0.0696. The fourth-order valence-corrected chi connectivity index (χ4v) is 1.16. The van der Waals surface area contributed by atoms with Crippen LogP contribution in [0.1, 0.15) is 15.9 Å². The second kappa shape index (κ2) is 4.41. The highest BCUT2D eigenvalue weighted by atomic mass is 19.1. The number of aromatic carboxylic acids is 1. The number of hydrogen-bond acceptors (Lipinski definition) is 2. The third kappa shape index (κ3) is 2.32. The lowest BCUT2D eigenvalue weighted by Gasteiger charge is -2.03. The van der Waals surface area contributed by atoms with E-state index in [1.807, 2.05) is 0 Å². The number of benzene rings is 1. The maximum Gasteiger partial charge on any atom is 0.335 e. The lowest BCUT2D eigenvalue weighted by atomic mass is 10.0. The van der Waals surface area contributed by atoms with E-state index in [1.165, 1.54) is 24.3 Å². The van der Waals surface area contributed by atoms with Gasteiger partial charge in [0.2, 0.25) is 0 Å². The minimum absolute atomic E-state index is 0.150. The van der Waals surface area contributed by atoms with Gasteiger partial charge in [0.15, 0.2) is 0 Å². The number of nitrogens with two attached hydrogens (primary N) is 1. The molecule has 0 aromatic heterocycles. The molecule has 0 atom stereocenters. The van der Waals surface area contributed by atoms with Gasteiger partial charge in [-0.1, -0.05) is 6.08 Å². The van der Waals surface area contributed by atoms with Crippen molar-refractivity contribution >= 4 is 11.7 Å². The van der Waals surface area contributed by atoms with E-state index in [0.29, 0.717) is 17.6 Å². The quantitative estimate of drug-likeness (QED) is 0.725. The SMILES string of the molecule is Nc1ccc(C(=O)O)c(CC=CF)c1. The number of allylic oxidation sites excluding steroid dienone is 1. The minimum Gasteiger partial charge on any atom is -0.478 e. The molecule has 0 spiro atoms. The molecule has 0 fully saturated rings. The smallest absolute Gasteiger partial charge is 0.335 e. The third-order valence-electron chi connectivity index (χ3n) is 1.79. The van der Waals surface area contributed by atoms with Crippen molar-refractivity contribution in [1.29, 1.82) is 0 Å². The molecule has 0 saturated heterocycles. The Hall–Kier alpha value is -1.84. The average Bonchev–Trinajstić information content (AvgIpc) is 2.14. The van der Waals surface area contributed by atoms with Crippen LogP contribution in [0.5, 0.6) is 0 Å². The molecule has 3 N–H and O–H groups in total. The fourth-order valence-electron chi connectivity index (χ4n) is 1.16. The Kier molecular flexibility index (Phi) is 3.23. The van der Waals surface area contributed by atoms with Crippen molar-refractivity contribution in [3.05, 3.63) is 41.7 Å². The summed E-state index contributed by atoms with van der Waals surface area (Å²) >= 11 is 0. The van der Waals surface area contributed by atoms with Crippen molar-refractivity contribution in [2.24, 2.45) is 0 Å². The molecule has 0 saturated carbocycles. The van der Waals surface area contributed by atoms with Crippen molar-refractivity contribution in [2.45, 2.75) is 6.42 Å². The van der Waals surface area contributed by atoms with Crippen LogP contribution in [0.2, 0.25) is 0 Å². The molecule has 14 heavy (non-hydrogen) atoms. The summed E-state index contributed by atoms with van der Waals surface area (Å²) in [4.78, 5) is 10.7. The number of rotatable bonds is 3. The summed E-state index contributed by atoms with van der Waals surface area (Å²) in [7, 11) is 0. The molecule has 1 aromatic rings. The molecule has 3 nitrogen and oxygen atoms in total. The van der Waals surface area contributed by atoms with Crippen LogP contribution in [0.4, 0.5) is 10.1 Å². The highest BCUT2D eigenvalue weighted by Gasteiger charge is 2.08. The van der Waals surface area contributed by atoms with E-state index in [1.54, 1.807) is 0 Å². The van der Waals surface area contributed by atoms with Gasteiger partial charge in [0, 0.05) is 5.69 Å². The highest BCUT2D eigenvalue weighted by molar-refractivity contribution is 5.90. The summed E-state index contributed by atoms with van der Waals surface area (Å²) in [5, 5.41) is 8.80. The van der Waals surface area contributed by atoms with E-state index in [4.69, 9.17) is 10.8 Å². The van der Waals surface area contributed by atoms with E-state index in [-0.39, 0.29) is 12.0 Å². The summed E-state index contributed by atoms with van der Waals surface area (Å²) in [5.74, 6) is -1.03. The van der Waals surface area contributed by atoms with Gasteiger partial charge in [-0.25, -0.2) is 9.18 Å². The van der Waals surface area contributed by atoms with Crippen LogP contribution in [-0.4, -0.2) is 11.1 Å². The maximum absolute atomic E-state index is 11.8. The first-order valence-electron chi connectivity index (χ1n) is 4.02. The molecular weight excluding hydrogens is 185 g/mol. The summed E-state index contributed by atoms with van der Waals surface area (Å²) < 4.78 is 11.8. The first-order valence-corrected chi connectivity index (χ1v) is 4.02. The van der Waals surface area contributed by atoms with Crippen LogP contribution >= 0.6 is 0 Å². The van der Waals surface area contributed by atoms with Crippen molar-refractivity contribution in [3.63, 3.8) is 0 Å². The monoisotopic (exact) mass is 195 g/mol. The Balaban J connectivity index is 3.09. The van der Waals surface area contributed by atoms with Crippen LogP contribution in [0.25, 0.3) is 0 Å². The van der Waals surface area contributed by atoms with Crippen molar-refractivity contribution < 1.29 is 14.3 Å². The van der Waals surface area contributed by atoms with E-state index < -0.39 is 5.97 Å². The van der Waals surface area contributed by atoms with Gasteiger partial charge in [-0.3, -0.25) is 0 Å². The average molecular weight is 195 g/mol. The molecule has 0 amide bonds. The Morgan fingerprint density at radius 2 is 2.29 bits per heavy atom. The summed E-state index contributed by atoms with van der Waals surface area (Å²) in [6.45, 7) is 0. The number of carbonyl (C=O) groups is 1. The van der Waals surface area contributed by atoms with Crippen LogP contribution in [-0.2, 0) is 6.42 Å². The minimum atomic E-state index is -1.03. The van der Waals surface area contributed by atoms with Crippen LogP contribution in [0, 0.1) is 0 Å². The Bertz CT molecular complexity index is 374. The van der Waals surface area contributed by atoms with E-state index >= 15 is 0 Å². The second-order valence-electron chi connectivity index (χ2n) is 2.79. The van der Waals surface area contributed by atoms with Crippen LogP contribution < -0.4 is 5.73 Å². The Morgan fingerprint density at radius 3 is 2.86 bits per heavy atom.